The third-order valence-electron chi connectivity index (χ3n) is 2.11. The van der Waals surface area contributed by atoms with Gasteiger partial charge in [-0.1, -0.05) is 0 Å². The summed E-state index contributed by atoms with van der Waals surface area (Å²) in [5.74, 6) is 0. The Morgan fingerprint density at radius 2 is 1.94 bits per heavy atom. The highest BCUT2D eigenvalue weighted by atomic mass is 19.4. The molecule has 1 aromatic rings. The monoisotopic (exact) mass is 240 g/mol. The number of alkyl halides is 5. The predicted octanol–water partition coefficient (Wildman–Crippen LogP) is 2.81. The molecule has 90 valence electrons. The minimum absolute atomic E-state index is 0.0256. The lowest BCUT2D eigenvalue weighted by molar-refractivity contribution is -0.142. The third kappa shape index (κ3) is 2.46. The summed E-state index contributed by atoms with van der Waals surface area (Å²) in [5.41, 5.74) is 2.80. The summed E-state index contributed by atoms with van der Waals surface area (Å²) in [5, 5.41) is 0. The first-order chi connectivity index (χ1) is 7.27. The van der Waals surface area contributed by atoms with Gasteiger partial charge in [0.2, 0.25) is 0 Å². The molecule has 0 bridgehead atoms. The normalized spacial score (nSPS) is 12.2. The fourth-order valence-electron chi connectivity index (χ4n) is 1.28. The molecule has 1 aromatic heterocycles. The van der Waals surface area contributed by atoms with Crippen LogP contribution in [0.15, 0.2) is 6.07 Å². The van der Waals surface area contributed by atoms with Gasteiger partial charge in [-0.2, -0.15) is 13.2 Å². The van der Waals surface area contributed by atoms with E-state index in [9.17, 15) is 22.0 Å². The summed E-state index contributed by atoms with van der Waals surface area (Å²) in [4.78, 5) is 2.92. The molecule has 1 rings (SSSR count). The molecule has 0 unspecified atom stereocenters. The first-order valence-electron chi connectivity index (χ1n) is 4.33. The van der Waals surface area contributed by atoms with Crippen molar-refractivity contribution in [2.24, 2.45) is 5.73 Å². The van der Waals surface area contributed by atoms with Crippen LogP contribution in [-0.2, 0) is 12.7 Å². The highest BCUT2D eigenvalue weighted by Crippen LogP contribution is 2.33. The van der Waals surface area contributed by atoms with Crippen LogP contribution in [0.2, 0.25) is 0 Å². The molecule has 1 heterocycles. The molecule has 0 saturated carbocycles. The summed E-state index contributed by atoms with van der Waals surface area (Å²) in [7, 11) is 0. The molecule has 0 radical (unpaired) electrons. The molecule has 0 aliphatic carbocycles. The van der Waals surface area contributed by atoms with Gasteiger partial charge in [0.15, 0.2) is 0 Å². The predicted molar refractivity (Wildman–Crippen MR) is 46.8 cm³/mol. The van der Waals surface area contributed by atoms with E-state index in [2.05, 4.69) is 4.98 Å². The van der Waals surface area contributed by atoms with Crippen LogP contribution in [0.5, 0.6) is 0 Å². The van der Waals surface area contributed by atoms with Crippen LogP contribution in [0, 0.1) is 6.92 Å². The molecule has 0 spiro atoms. The van der Waals surface area contributed by atoms with E-state index >= 15 is 0 Å². The van der Waals surface area contributed by atoms with Crippen LogP contribution in [0.1, 0.15) is 28.9 Å². The van der Waals surface area contributed by atoms with E-state index in [0.29, 0.717) is 0 Å². The van der Waals surface area contributed by atoms with Gasteiger partial charge < -0.3 is 5.73 Å². The van der Waals surface area contributed by atoms with Crippen molar-refractivity contribution in [1.29, 1.82) is 0 Å². The van der Waals surface area contributed by atoms with Gasteiger partial charge >= 0.3 is 6.18 Å². The summed E-state index contributed by atoms with van der Waals surface area (Å²) in [6.07, 6.45) is -7.80. The third-order valence-corrected chi connectivity index (χ3v) is 2.11. The number of hydrogen-bond donors (Lipinski definition) is 1. The van der Waals surface area contributed by atoms with Crippen molar-refractivity contribution in [3.63, 3.8) is 0 Å². The Bertz CT molecular complexity index is 386. The quantitative estimate of drug-likeness (QED) is 0.807. The molecule has 0 aliphatic rings. The van der Waals surface area contributed by atoms with Gasteiger partial charge in [-0.15, -0.1) is 0 Å². The summed E-state index contributed by atoms with van der Waals surface area (Å²) >= 11 is 0. The van der Waals surface area contributed by atoms with Gasteiger partial charge in [0.1, 0.15) is 11.4 Å². The zero-order valence-electron chi connectivity index (χ0n) is 8.28. The number of aromatic nitrogens is 1. The zero-order chi connectivity index (χ0) is 12.5. The Balaban J connectivity index is 3.42. The van der Waals surface area contributed by atoms with Crippen LogP contribution in [0.3, 0.4) is 0 Å². The van der Waals surface area contributed by atoms with Crippen molar-refractivity contribution in [2.45, 2.75) is 26.1 Å². The maximum atomic E-state index is 12.5. The maximum Gasteiger partial charge on any atom is 0.433 e. The van der Waals surface area contributed by atoms with Crippen molar-refractivity contribution in [3.8, 4) is 0 Å². The van der Waals surface area contributed by atoms with Gasteiger partial charge in [0, 0.05) is 6.54 Å². The number of hydrogen-bond acceptors (Lipinski definition) is 2. The molecule has 2 nitrogen and oxygen atoms in total. The van der Waals surface area contributed by atoms with E-state index < -0.39 is 24.0 Å². The van der Waals surface area contributed by atoms with E-state index in [-0.39, 0.29) is 17.7 Å². The van der Waals surface area contributed by atoms with Crippen molar-refractivity contribution in [3.05, 3.63) is 28.6 Å². The number of halogens is 5. The average Bonchev–Trinajstić information content (AvgIpc) is 2.15. The number of pyridine rings is 1. The molecule has 0 aliphatic heterocycles. The molecule has 7 heteroatoms. The molecular formula is C9H9F5N2. The molecule has 2 N–H and O–H groups in total. The van der Waals surface area contributed by atoms with Crippen molar-refractivity contribution < 1.29 is 22.0 Å². The Kier molecular flexibility index (Phi) is 3.47. The highest BCUT2D eigenvalue weighted by Gasteiger charge is 2.36. The minimum Gasteiger partial charge on any atom is -0.326 e. The Morgan fingerprint density at radius 3 is 2.31 bits per heavy atom. The molecule has 0 aromatic carbocycles. The summed E-state index contributed by atoms with van der Waals surface area (Å²) in [6, 6.07) is 0.898. The lowest BCUT2D eigenvalue weighted by atomic mass is 10.1. The molecule has 16 heavy (non-hydrogen) atoms. The SMILES string of the molecule is Cc1c(CN)cc(C(F)F)nc1C(F)(F)F. The maximum absolute atomic E-state index is 12.5. The highest BCUT2D eigenvalue weighted by molar-refractivity contribution is 5.33. The first-order valence-corrected chi connectivity index (χ1v) is 4.33. The lowest BCUT2D eigenvalue weighted by Crippen LogP contribution is -2.15. The smallest absolute Gasteiger partial charge is 0.326 e. The van der Waals surface area contributed by atoms with Gasteiger partial charge in [-0.05, 0) is 24.1 Å². The zero-order valence-corrected chi connectivity index (χ0v) is 8.28. The van der Waals surface area contributed by atoms with E-state index in [4.69, 9.17) is 5.73 Å². The molecular weight excluding hydrogens is 231 g/mol. The van der Waals surface area contributed by atoms with Crippen LogP contribution in [0.4, 0.5) is 22.0 Å². The topological polar surface area (TPSA) is 38.9 Å². The first kappa shape index (κ1) is 12.8. The van der Waals surface area contributed by atoms with Gasteiger partial charge in [-0.25, -0.2) is 13.8 Å². The largest absolute Gasteiger partial charge is 0.433 e. The van der Waals surface area contributed by atoms with E-state index in [1.807, 2.05) is 0 Å². The molecule has 0 atom stereocenters. The minimum atomic E-state index is -4.75. The molecule has 0 fully saturated rings. The average molecular weight is 240 g/mol. The number of rotatable bonds is 2. The van der Waals surface area contributed by atoms with E-state index in [1.165, 1.54) is 0 Å². The molecule has 0 amide bonds. The van der Waals surface area contributed by atoms with Crippen molar-refractivity contribution >= 4 is 0 Å². The van der Waals surface area contributed by atoms with Gasteiger partial charge in [0.25, 0.3) is 6.43 Å². The van der Waals surface area contributed by atoms with Crippen molar-refractivity contribution in [1.82, 2.24) is 4.98 Å². The van der Waals surface area contributed by atoms with Crippen LogP contribution in [-0.4, -0.2) is 4.98 Å². The second-order valence-corrected chi connectivity index (χ2v) is 3.18. The Morgan fingerprint density at radius 1 is 1.38 bits per heavy atom. The number of nitrogens with two attached hydrogens (primary N) is 1. The standard InChI is InChI=1S/C9H9F5N2/c1-4-5(3-15)2-6(8(10)11)16-7(4)9(12,13)14/h2,8H,3,15H2,1H3. The van der Waals surface area contributed by atoms with E-state index in [1.54, 1.807) is 0 Å². The van der Waals surface area contributed by atoms with Crippen LogP contribution >= 0.6 is 0 Å². The van der Waals surface area contributed by atoms with Crippen LogP contribution in [0.25, 0.3) is 0 Å². The Hall–Kier alpha value is -1.24. The van der Waals surface area contributed by atoms with Gasteiger partial charge in [-0.3, -0.25) is 0 Å². The van der Waals surface area contributed by atoms with E-state index in [0.717, 1.165) is 13.0 Å². The fraction of sp³-hybridized carbons (Fsp3) is 0.444. The second-order valence-electron chi connectivity index (χ2n) is 3.18. The van der Waals surface area contributed by atoms with Crippen molar-refractivity contribution in [2.75, 3.05) is 0 Å². The van der Waals surface area contributed by atoms with Crippen LogP contribution < -0.4 is 5.73 Å². The lowest BCUT2D eigenvalue weighted by Gasteiger charge is -2.14. The van der Waals surface area contributed by atoms with Gasteiger partial charge in [0.05, 0.1) is 0 Å². The Labute approximate surface area is 88.3 Å². The summed E-state index contributed by atoms with van der Waals surface area (Å²) in [6.45, 7) is 0.921. The second kappa shape index (κ2) is 4.32. The number of nitrogens with zero attached hydrogens (tertiary/aromatic N) is 1. The summed E-state index contributed by atoms with van der Waals surface area (Å²) < 4.78 is 62.0. The molecule has 0 saturated heterocycles. The fourth-order valence-corrected chi connectivity index (χ4v) is 1.28.